The summed E-state index contributed by atoms with van der Waals surface area (Å²) in [4.78, 5) is 39.8. The largest absolute Gasteiger partial charge is 0.465 e. The van der Waals surface area contributed by atoms with Crippen molar-refractivity contribution in [2.24, 2.45) is 5.92 Å². The van der Waals surface area contributed by atoms with E-state index < -0.39 is 16.8 Å². The number of esters is 1. The third-order valence-corrected chi connectivity index (χ3v) is 7.55. The van der Waals surface area contributed by atoms with E-state index in [1.807, 2.05) is 4.90 Å². The molecule has 0 unspecified atom stereocenters. The van der Waals surface area contributed by atoms with Crippen LogP contribution in [0.15, 0.2) is 18.2 Å². The zero-order valence-corrected chi connectivity index (χ0v) is 19.1. The smallest absolute Gasteiger partial charge is 0.341 e. The van der Waals surface area contributed by atoms with E-state index in [2.05, 4.69) is 12.2 Å². The number of nitrogens with one attached hydrogen (secondary N) is 1. The van der Waals surface area contributed by atoms with E-state index in [1.165, 1.54) is 24.5 Å². The molecular formula is C23H27N3O5S. The van der Waals surface area contributed by atoms with Gasteiger partial charge >= 0.3 is 5.97 Å². The van der Waals surface area contributed by atoms with Crippen LogP contribution in [0.2, 0.25) is 0 Å². The molecule has 1 saturated heterocycles. The lowest BCUT2D eigenvalue weighted by Gasteiger charge is -2.31. The van der Waals surface area contributed by atoms with Crippen LogP contribution in [-0.4, -0.2) is 37.0 Å². The number of benzene rings is 1. The first-order valence-electron chi connectivity index (χ1n) is 11.0. The highest BCUT2D eigenvalue weighted by molar-refractivity contribution is 7.17. The SMILES string of the molecule is COC(=O)c1c(NC(=O)c2ccc(N3CCC(C)CC3)c([N+](=O)[O-])c2)sc2c1CCCC2. The van der Waals surface area contributed by atoms with Crippen LogP contribution in [0, 0.1) is 16.0 Å². The van der Waals surface area contributed by atoms with Crippen molar-refractivity contribution in [2.75, 3.05) is 30.4 Å². The molecular weight excluding hydrogens is 430 g/mol. The van der Waals surface area contributed by atoms with Crippen LogP contribution in [0.5, 0.6) is 0 Å². The standard InChI is InChI=1S/C23H27N3O5S/c1-14-9-11-25(12-10-14)17-8-7-15(13-18(17)26(29)30)21(27)24-22-20(23(28)31-2)16-5-3-4-6-19(16)32-22/h7-8,13-14H,3-6,9-12H2,1-2H3,(H,24,27). The number of hydrogen-bond acceptors (Lipinski definition) is 7. The average Bonchev–Trinajstić information content (AvgIpc) is 3.16. The number of amides is 1. The summed E-state index contributed by atoms with van der Waals surface area (Å²) in [5.74, 6) is -0.341. The first-order valence-corrected chi connectivity index (χ1v) is 11.8. The molecule has 0 radical (unpaired) electrons. The summed E-state index contributed by atoms with van der Waals surface area (Å²) in [6.07, 6.45) is 5.65. The Morgan fingerprint density at radius 3 is 2.62 bits per heavy atom. The Morgan fingerprint density at radius 1 is 1.22 bits per heavy atom. The molecule has 170 valence electrons. The number of rotatable bonds is 5. The number of thiophene rings is 1. The number of ether oxygens (including phenoxy) is 1. The van der Waals surface area contributed by atoms with Crippen LogP contribution in [0.3, 0.4) is 0 Å². The first-order chi connectivity index (χ1) is 15.4. The normalized spacial score (nSPS) is 16.4. The zero-order valence-electron chi connectivity index (χ0n) is 18.3. The van der Waals surface area contributed by atoms with Gasteiger partial charge in [0.15, 0.2) is 0 Å². The molecule has 2 aliphatic rings. The van der Waals surface area contributed by atoms with Crippen molar-refractivity contribution in [3.05, 3.63) is 49.9 Å². The third-order valence-electron chi connectivity index (χ3n) is 6.35. The van der Waals surface area contributed by atoms with Gasteiger partial charge in [-0.25, -0.2) is 4.79 Å². The second kappa shape index (κ2) is 9.28. The molecule has 2 aromatic rings. The van der Waals surface area contributed by atoms with Gasteiger partial charge in [0.05, 0.1) is 17.6 Å². The number of piperidine rings is 1. The van der Waals surface area contributed by atoms with Crippen molar-refractivity contribution >= 4 is 39.6 Å². The van der Waals surface area contributed by atoms with Crippen LogP contribution >= 0.6 is 11.3 Å². The Hall–Kier alpha value is -2.94. The minimum Gasteiger partial charge on any atom is -0.465 e. The summed E-state index contributed by atoms with van der Waals surface area (Å²) >= 11 is 1.39. The van der Waals surface area contributed by atoms with Gasteiger partial charge in [-0.3, -0.25) is 14.9 Å². The molecule has 1 aliphatic heterocycles. The maximum Gasteiger partial charge on any atom is 0.341 e. The molecule has 4 rings (SSSR count). The van der Waals surface area contributed by atoms with E-state index in [9.17, 15) is 19.7 Å². The quantitative estimate of drug-likeness (QED) is 0.393. The second-order valence-corrected chi connectivity index (χ2v) is 9.60. The summed E-state index contributed by atoms with van der Waals surface area (Å²) in [6, 6.07) is 4.60. The lowest BCUT2D eigenvalue weighted by molar-refractivity contribution is -0.384. The molecule has 2 heterocycles. The minimum absolute atomic E-state index is 0.0779. The Bertz CT molecular complexity index is 1060. The van der Waals surface area contributed by atoms with Gasteiger partial charge in [0.25, 0.3) is 11.6 Å². The predicted octanol–water partition coefficient (Wildman–Crippen LogP) is 4.81. The van der Waals surface area contributed by atoms with Gasteiger partial charge in [-0.05, 0) is 62.1 Å². The number of anilines is 2. The van der Waals surface area contributed by atoms with Crippen LogP contribution in [0.25, 0.3) is 0 Å². The van der Waals surface area contributed by atoms with Gasteiger partial charge in [-0.15, -0.1) is 11.3 Å². The number of nitro benzene ring substituents is 1. The number of aryl methyl sites for hydroxylation is 1. The Labute approximate surface area is 190 Å². The number of hydrogen-bond donors (Lipinski definition) is 1. The fourth-order valence-electron chi connectivity index (χ4n) is 4.48. The van der Waals surface area contributed by atoms with Crippen molar-refractivity contribution in [1.29, 1.82) is 0 Å². The molecule has 9 heteroatoms. The topological polar surface area (TPSA) is 102 Å². The molecule has 1 aromatic carbocycles. The van der Waals surface area contributed by atoms with Crippen molar-refractivity contribution < 1.29 is 19.2 Å². The summed E-state index contributed by atoms with van der Waals surface area (Å²) in [5, 5.41) is 15.0. The van der Waals surface area contributed by atoms with E-state index in [4.69, 9.17) is 4.74 Å². The van der Waals surface area contributed by atoms with Gasteiger partial charge in [0.2, 0.25) is 0 Å². The average molecular weight is 458 g/mol. The van der Waals surface area contributed by atoms with Crippen LogP contribution < -0.4 is 10.2 Å². The number of carbonyl (C=O) groups excluding carboxylic acids is 2. The maximum atomic E-state index is 13.0. The molecule has 1 N–H and O–H groups in total. The van der Waals surface area contributed by atoms with Crippen molar-refractivity contribution in [3.63, 3.8) is 0 Å². The summed E-state index contributed by atoms with van der Waals surface area (Å²) < 4.78 is 4.95. The fraction of sp³-hybridized carbons (Fsp3) is 0.478. The van der Waals surface area contributed by atoms with Gasteiger partial charge in [0.1, 0.15) is 10.7 Å². The van der Waals surface area contributed by atoms with E-state index >= 15 is 0 Å². The summed E-state index contributed by atoms with van der Waals surface area (Å²) in [7, 11) is 1.32. The van der Waals surface area contributed by atoms with Crippen LogP contribution in [-0.2, 0) is 17.6 Å². The number of nitrogens with zero attached hydrogens (tertiary/aromatic N) is 2. The number of nitro groups is 1. The summed E-state index contributed by atoms with van der Waals surface area (Å²) in [6.45, 7) is 3.71. The highest BCUT2D eigenvalue weighted by Gasteiger charge is 2.28. The second-order valence-electron chi connectivity index (χ2n) is 8.49. The first kappa shape index (κ1) is 22.3. The molecule has 1 aliphatic carbocycles. The lowest BCUT2D eigenvalue weighted by atomic mass is 9.95. The van der Waals surface area contributed by atoms with Gasteiger partial charge in [-0.2, -0.15) is 0 Å². The van der Waals surface area contributed by atoms with Gasteiger partial charge in [0, 0.05) is 29.6 Å². The monoisotopic (exact) mass is 457 g/mol. The Balaban J connectivity index is 1.62. The van der Waals surface area contributed by atoms with E-state index in [0.717, 1.165) is 62.1 Å². The zero-order chi connectivity index (χ0) is 22.8. The molecule has 1 amide bonds. The van der Waals surface area contributed by atoms with E-state index in [0.29, 0.717) is 22.2 Å². The highest BCUT2D eigenvalue weighted by Crippen LogP contribution is 2.39. The van der Waals surface area contributed by atoms with Crippen molar-refractivity contribution in [1.82, 2.24) is 0 Å². The maximum absolute atomic E-state index is 13.0. The highest BCUT2D eigenvalue weighted by atomic mass is 32.1. The van der Waals surface area contributed by atoms with Crippen molar-refractivity contribution in [3.8, 4) is 0 Å². The molecule has 8 nitrogen and oxygen atoms in total. The molecule has 32 heavy (non-hydrogen) atoms. The van der Waals surface area contributed by atoms with Crippen molar-refractivity contribution in [2.45, 2.75) is 45.4 Å². The van der Waals surface area contributed by atoms with E-state index in [-0.39, 0.29) is 11.3 Å². The number of fused-ring (bicyclic) bond motifs is 1. The molecule has 1 aromatic heterocycles. The molecule has 1 fully saturated rings. The third kappa shape index (κ3) is 4.34. The molecule has 0 spiro atoms. The minimum atomic E-state index is -0.476. The fourth-order valence-corrected chi connectivity index (χ4v) is 5.75. The number of methoxy groups -OCH3 is 1. The predicted molar refractivity (Wildman–Crippen MR) is 124 cm³/mol. The van der Waals surface area contributed by atoms with E-state index in [1.54, 1.807) is 12.1 Å². The molecule has 0 atom stereocenters. The molecule has 0 bridgehead atoms. The van der Waals surface area contributed by atoms with Gasteiger partial charge in [-0.1, -0.05) is 6.92 Å². The Kier molecular flexibility index (Phi) is 6.45. The summed E-state index contributed by atoms with van der Waals surface area (Å²) in [5.41, 5.74) is 2.01. The van der Waals surface area contributed by atoms with Crippen LogP contribution in [0.1, 0.15) is 63.8 Å². The van der Waals surface area contributed by atoms with Crippen LogP contribution in [0.4, 0.5) is 16.4 Å². The number of carbonyl (C=O) groups is 2. The lowest BCUT2D eigenvalue weighted by Crippen LogP contribution is -2.33. The Morgan fingerprint density at radius 2 is 1.94 bits per heavy atom. The molecule has 0 saturated carbocycles. The van der Waals surface area contributed by atoms with Gasteiger partial charge < -0.3 is 15.0 Å².